The van der Waals surface area contributed by atoms with Crippen LogP contribution in [0.3, 0.4) is 0 Å². The molecule has 0 unspecified atom stereocenters. The second-order valence-corrected chi connectivity index (χ2v) is 6.46. The van der Waals surface area contributed by atoms with Crippen molar-refractivity contribution in [1.29, 1.82) is 0 Å². The van der Waals surface area contributed by atoms with E-state index in [-0.39, 0.29) is 17.4 Å². The Kier molecular flexibility index (Phi) is 4.00. The van der Waals surface area contributed by atoms with E-state index in [0.29, 0.717) is 12.0 Å². The second kappa shape index (κ2) is 4.74. The highest BCUT2D eigenvalue weighted by molar-refractivity contribution is 5.83. The van der Waals surface area contributed by atoms with Crippen molar-refractivity contribution in [2.45, 2.75) is 59.5 Å². The van der Waals surface area contributed by atoms with Crippen LogP contribution in [0.5, 0.6) is 0 Å². The van der Waals surface area contributed by atoms with Crippen molar-refractivity contribution in [2.75, 3.05) is 6.54 Å². The fraction of sp³-hybridized carbons (Fsp3) is 0.923. The lowest BCUT2D eigenvalue weighted by Gasteiger charge is -2.33. The first-order valence-electron chi connectivity index (χ1n) is 6.29. The maximum atomic E-state index is 12.3. The summed E-state index contributed by atoms with van der Waals surface area (Å²) in [6.07, 6.45) is 2.30. The SMILES string of the molecule is CC(C)CN(C(=O)[C@H](N)C(C)(C)C)C1CC1. The lowest BCUT2D eigenvalue weighted by Crippen LogP contribution is -2.52. The second-order valence-electron chi connectivity index (χ2n) is 6.46. The summed E-state index contributed by atoms with van der Waals surface area (Å²) in [7, 11) is 0. The molecule has 0 aromatic carbocycles. The summed E-state index contributed by atoms with van der Waals surface area (Å²) in [4.78, 5) is 14.3. The van der Waals surface area contributed by atoms with Crippen molar-refractivity contribution in [3.63, 3.8) is 0 Å². The molecule has 1 fully saturated rings. The van der Waals surface area contributed by atoms with Crippen LogP contribution in [-0.2, 0) is 4.79 Å². The molecule has 0 aliphatic heterocycles. The van der Waals surface area contributed by atoms with Gasteiger partial charge in [-0.1, -0.05) is 34.6 Å². The molecule has 3 heteroatoms. The van der Waals surface area contributed by atoms with Crippen LogP contribution in [0.2, 0.25) is 0 Å². The Hall–Kier alpha value is -0.570. The third-order valence-electron chi connectivity index (χ3n) is 3.03. The van der Waals surface area contributed by atoms with Crippen LogP contribution < -0.4 is 5.73 Å². The van der Waals surface area contributed by atoms with Gasteiger partial charge in [0.1, 0.15) is 0 Å². The number of nitrogens with zero attached hydrogens (tertiary/aromatic N) is 1. The third kappa shape index (κ3) is 3.48. The molecule has 1 aliphatic carbocycles. The van der Waals surface area contributed by atoms with Crippen LogP contribution in [0.1, 0.15) is 47.5 Å². The van der Waals surface area contributed by atoms with E-state index >= 15 is 0 Å². The molecule has 0 aromatic heterocycles. The van der Waals surface area contributed by atoms with Crippen LogP contribution in [0, 0.1) is 11.3 Å². The Morgan fingerprint density at radius 3 is 2.19 bits per heavy atom. The van der Waals surface area contributed by atoms with Crippen LogP contribution in [0.15, 0.2) is 0 Å². The highest BCUT2D eigenvalue weighted by Crippen LogP contribution is 2.30. The molecule has 0 aromatic rings. The van der Waals surface area contributed by atoms with Crippen LogP contribution in [0.25, 0.3) is 0 Å². The topological polar surface area (TPSA) is 46.3 Å². The first-order valence-corrected chi connectivity index (χ1v) is 6.29. The van der Waals surface area contributed by atoms with Gasteiger partial charge in [-0.25, -0.2) is 0 Å². The number of hydrogen-bond donors (Lipinski definition) is 1. The van der Waals surface area contributed by atoms with E-state index < -0.39 is 0 Å². The van der Waals surface area contributed by atoms with E-state index in [1.54, 1.807) is 0 Å². The molecule has 94 valence electrons. The monoisotopic (exact) mass is 226 g/mol. The Morgan fingerprint density at radius 2 is 1.88 bits per heavy atom. The molecular formula is C13H26N2O. The molecule has 1 saturated carbocycles. The van der Waals surface area contributed by atoms with Gasteiger partial charge in [-0.3, -0.25) is 4.79 Å². The van der Waals surface area contributed by atoms with E-state index in [1.165, 1.54) is 0 Å². The summed E-state index contributed by atoms with van der Waals surface area (Å²) in [5.41, 5.74) is 5.89. The van der Waals surface area contributed by atoms with Crippen molar-refractivity contribution < 1.29 is 4.79 Å². The Bertz CT molecular complexity index is 251. The highest BCUT2D eigenvalue weighted by Gasteiger charge is 2.38. The molecule has 1 rings (SSSR count). The minimum atomic E-state index is -0.383. The van der Waals surface area contributed by atoms with Gasteiger partial charge in [0.2, 0.25) is 5.91 Å². The van der Waals surface area contributed by atoms with Gasteiger partial charge in [-0.2, -0.15) is 0 Å². The molecule has 16 heavy (non-hydrogen) atoms. The summed E-state index contributed by atoms with van der Waals surface area (Å²) in [5.74, 6) is 0.639. The molecule has 1 aliphatic rings. The minimum absolute atomic E-state index is 0.128. The fourth-order valence-electron chi connectivity index (χ4n) is 1.75. The summed E-state index contributed by atoms with van der Waals surface area (Å²) in [6, 6.07) is 0.0788. The average Bonchev–Trinajstić information content (AvgIpc) is 2.93. The lowest BCUT2D eigenvalue weighted by atomic mass is 9.86. The van der Waals surface area contributed by atoms with Crippen LogP contribution in [-0.4, -0.2) is 29.4 Å². The van der Waals surface area contributed by atoms with E-state index in [1.807, 2.05) is 25.7 Å². The van der Waals surface area contributed by atoms with Crippen LogP contribution in [0.4, 0.5) is 0 Å². The van der Waals surface area contributed by atoms with Crippen molar-refractivity contribution in [1.82, 2.24) is 4.90 Å². The standard InChI is InChI=1S/C13H26N2O/c1-9(2)8-15(10-6-7-10)12(16)11(14)13(3,4)5/h9-11H,6-8,14H2,1-5H3/t11-/m0/s1. The van der Waals surface area contributed by atoms with Gasteiger partial charge in [0.25, 0.3) is 0 Å². The number of amides is 1. The van der Waals surface area contributed by atoms with E-state index in [0.717, 1.165) is 19.4 Å². The minimum Gasteiger partial charge on any atom is -0.338 e. The number of nitrogens with two attached hydrogens (primary N) is 1. The molecule has 1 amide bonds. The molecule has 0 heterocycles. The molecule has 3 nitrogen and oxygen atoms in total. The Labute approximate surface area is 99.4 Å². The average molecular weight is 226 g/mol. The van der Waals surface area contributed by atoms with Crippen molar-refractivity contribution in [2.24, 2.45) is 17.1 Å². The smallest absolute Gasteiger partial charge is 0.240 e. The zero-order chi connectivity index (χ0) is 12.5. The molecule has 2 N–H and O–H groups in total. The third-order valence-corrected chi connectivity index (χ3v) is 3.03. The first kappa shape index (κ1) is 13.5. The van der Waals surface area contributed by atoms with Crippen LogP contribution >= 0.6 is 0 Å². The van der Waals surface area contributed by atoms with E-state index in [2.05, 4.69) is 13.8 Å². The van der Waals surface area contributed by atoms with Gasteiger partial charge in [-0.15, -0.1) is 0 Å². The Balaban J connectivity index is 2.67. The maximum absolute atomic E-state index is 12.3. The van der Waals surface area contributed by atoms with Gasteiger partial charge in [0.15, 0.2) is 0 Å². The van der Waals surface area contributed by atoms with Gasteiger partial charge in [0.05, 0.1) is 6.04 Å². The summed E-state index contributed by atoms with van der Waals surface area (Å²) in [5, 5.41) is 0. The van der Waals surface area contributed by atoms with Crippen molar-refractivity contribution >= 4 is 5.91 Å². The molecular weight excluding hydrogens is 200 g/mol. The lowest BCUT2D eigenvalue weighted by molar-refractivity contribution is -0.136. The van der Waals surface area contributed by atoms with E-state index in [9.17, 15) is 4.79 Å². The quantitative estimate of drug-likeness (QED) is 0.797. The number of rotatable bonds is 4. The number of carbonyl (C=O) groups excluding carboxylic acids is 1. The highest BCUT2D eigenvalue weighted by atomic mass is 16.2. The number of carbonyl (C=O) groups is 1. The molecule has 0 saturated heterocycles. The van der Waals surface area contributed by atoms with Crippen molar-refractivity contribution in [3.8, 4) is 0 Å². The van der Waals surface area contributed by atoms with Crippen molar-refractivity contribution in [3.05, 3.63) is 0 Å². The zero-order valence-corrected chi connectivity index (χ0v) is 11.3. The van der Waals surface area contributed by atoms with Gasteiger partial charge in [0, 0.05) is 12.6 Å². The molecule has 1 atom stereocenters. The molecule has 0 radical (unpaired) electrons. The summed E-state index contributed by atoms with van der Waals surface area (Å²) >= 11 is 0. The Morgan fingerprint density at radius 1 is 1.38 bits per heavy atom. The predicted octanol–water partition coefficient (Wildman–Crippen LogP) is 2.01. The predicted molar refractivity (Wildman–Crippen MR) is 67.0 cm³/mol. The van der Waals surface area contributed by atoms with Gasteiger partial charge in [-0.05, 0) is 24.2 Å². The molecule has 0 spiro atoms. The first-order chi connectivity index (χ1) is 7.23. The zero-order valence-electron chi connectivity index (χ0n) is 11.3. The normalized spacial score (nSPS) is 18.7. The van der Waals surface area contributed by atoms with E-state index in [4.69, 9.17) is 5.73 Å². The fourth-order valence-corrected chi connectivity index (χ4v) is 1.75. The van der Waals surface area contributed by atoms with Gasteiger partial charge < -0.3 is 10.6 Å². The largest absolute Gasteiger partial charge is 0.338 e. The summed E-state index contributed by atoms with van der Waals surface area (Å²) in [6.45, 7) is 11.2. The number of hydrogen-bond acceptors (Lipinski definition) is 2. The van der Waals surface area contributed by atoms with Gasteiger partial charge >= 0.3 is 0 Å². The maximum Gasteiger partial charge on any atom is 0.240 e. The summed E-state index contributed by atoms with van der Waals surface area (Å²) < 4.78 is 0. The molecule has 0 bridgehead atoms.